The Balaban J connectivity index is 1.67. The fourth-order valence-electron chi connectivity index (χ4n) is 2.68. The van der Waals surface area contributed by atoms with Gasteiger partial charge in [-0.25, -0.2) is 0 Å². The molecule has 0 unspecified atom stereocenters. The number of aromatic nitrogens is 3. The monoisotopic (exact) mass is 400 g/mol. The number of carbonyl (C=O) groups is 1. The predicted molar refractivity (Wildman–Crippen MR) is 108 cm³/mol. The normalized spacial score (nSPS) is 11.0. The van der Waals surface area contributed by atoms with Crippen molar-refractivity contribution in [1.29, 1.82) is 0 Å². The third kappa shape index (κ3) is 5.02. The molecule has 0 spiro atoms. The number of thioether (sulfide) groups is 1. The third-order valence-corrected chi connectivity index (χ3v) is 5.38. The van der Waals surface area contributed by atoms with Gasteiger partial charge >= 0.3 is 0 Å². The maximum absolute atomic E-state index is 12.8. The van der Waals surface area contributed by atoms with Gasteiger partial charge in [-0.1, -0.05) is 17.8 Å². The fraction of sp³-hybridized carbons (Fsp3) is 0.350. The molecular formula is C20H24N4O3S. The summed E-state index contributed by atoms with van der Waals surface area (Å²) in [7, 11) is 1.62. The molecule has 0 saturated heterocycles. The predicted octanol–water partition coefficient (Wildman–Crippen LogP) is 3.24. The summed E-state index contributed by atoms with van der Waals surface area (Å²) >= 11 is 1.37. The van der Waals surface area contributed by atoms with Gasteiger partial charge in [0.05, 0.1) is 25.2 Å². The van der Waals surface area contributed by atoms with E-state index in [-0.39, 0.29) is 11.7 Å². The second kappa shape index (κ2) is 9.57. The van der Waals surface area contributed by atoms with Crippen molar-refractivity contribution in [3.05, 3.63) is 59.8 Å². The van der Waals surface area contributed by atoms with Gasteiger partial charge in [-0.2, -0.15) is 0 Å². The number of nitrogens with zero attached hydrogens (tertiary/aromatic N) is 4. The van der Waals surface area contributed by atoms with Gasteiger partial charge in [-0.3, -0.25) is 9.36 Å². The van der Waals surface area contributed by atoms with E-state index in [0.717, 1.165) is 11.4 Å². The highest BCUT2D eigenvalue weighted by Crippen LogP contribution is 2.22. The average molecular weight is 401 g/mol. The highest BCUT2D eigenvalue weighted by molar-refractivity contribution is 7.99. The van der Waals surface area contributed by atoms with Crippen LogP contribution in [0.15, 0.2) is 52.5 Å². The van der Waals surface area contributed by atoms with E-state index in [1.54, 1.807) is 24.6 Å². The van der Waals surface area contributed by atoms with Gasteiger partial charge in [0.1, 0.15) is 12.1 Å². The molecule has 0 fully saturated rings. The molecule has 0 aliphatic carbocycles. The summed E-state index contributed by atoms with van der Waals surface area (Å²) < 4.78 is 12.4. The Kier molecular flexibility index (Phi) is 6.89. The number of rotatable bonds is 9. The molecule has 1 amide bonds. The van der Waals surface area contributed by atoms with E-state index in [0.29, 0.717) is 24.9 Å². The van der Waals surface area contributed by atoms with E-state index in [1.807, 2.05) is 22.8 Å². The molecule has 8 heteroatoms. The number of carbonyl (C=O) groups excluding carboxylic acids is 1. The Morgan fingerprint density at radius 3 is 2.86 bits per heavy atom. The lowest BCUT2D eigenvalue weighted by Gasteiger charge is -2.21. The fourth-order valence-corrected chi connectivity index (χ4v) is 3.51. The first-order chi connectivity index (χ1) is 13.6. The van der Waals surface area contributed by atoms with Crippen LogP contribution in [0.25, 0.3) is 5.69 Å². The maximum Gasteiger partial charge on any atom is 0.233 e. The van der Waals surface area contributed by atoms with Gasteiger partial charge < -0.3 is 14.1 Å². The number of hydrogen-bond donors (Lipinski definition) is 0. The molecule has 0 bridgehead atoms. The first-order valence-electron chi connectivity index (χ1n) is 8.98. The Labute approximate surface area is 168 Å². The van der Waals surface area contributed by atoms with Gasteiger partial charge in [0.15, 0.2) is 5.16 Å². The summed E-state index contributed by atoms with van der Waals surface area (Å²) in [6.45, 7) is 5.53. The molecule has 0 N–H and O–H groups in total. The summed E-state index contributed by atoms with van der Waals surface area (Å²) in [6.07, 6.45) is 3.28. The van der Waals surface area contributed by atoms with E-state index in [9.17, 15) is 4.79 Å². The first kappa shape index (κ1) is 20.2. The van der Waals surface area contributed by atoms with Crippen molar-refractivity contribution in [2.24, 2.45) is 0 Å². The molecule has 7 nitrogen and oxygen atoms in total. The number of amides is 1. The molecule has 148 valence electrons. The molecule has 3 rings (SSSR count). The average Bonchev–Trinajstić information content (AvgIpc) is 3.37. The molecule has 3 aromatic rings. The number of furan rings is 1. The van der Waals surface area contributed by atoms with E-state index in [2.05, 4.69) is 36.2 Å². The Morgan fingerprint density at radius 2 is 2.14 bits per heavy atom. The molecular weight excluding hydrogens is 376 g/mol. The summed E-state index contributed by atoms with van der Waals surface area (Å²) in [5, 5.41) is 8.87. The van der Waals surface area contributed by atoms with Crippen LogP contribution in [-0.2, 0) is 16.1 Å². The molecule has 28 heavy (non-hydrogen) atoms. The molecule has 0 atom stereocenters. The van der Waals surface area contributed by atoms with E-state index < -0.39 is 0 Å². The van der Waals surface area contributed by atoms with Crippen LogP contribution in [0.1, 0.15) is 16.9 Å². The smallest absolute Gasteiger partial charge is 0.233 e. The minimum atomic E-state index is -0.00640. The van der Waals surface area contributed by atoms with Crippen molar-refractivity contribution >= 4 is 17.7 Å². The molecule has 0 saturated carbocycles. The van der Waals surface area contributed by atoms with Crippen LogP contribution in [-0.4, -0.2) is 51.6 Å². The molecule has 0 aliphatic rings. The number of ether oxygens (including phenoxy) is 1. The molecule has 0 aliphatic heterocycles. The van der Waals surface area contributed by atoms with E-state index in [4.69, 9.17) is 9.15 Å². The van der Waals surface area contributed by atoms with Crippen LogP contribution in [0.3, 0.4) is 0 Å². The zero-order valence-corrected chi connectivity index (χ0v) is 17.1. The molecule has 0 radical (unpaired) electrons. The summed E-state index contributed by atoms with van der Waals surface area (Å²) in [5.74, 6) is 0.995. The lowest BCUT2D eigenvalue weighted by Crippen LogP contribution is -2.34. The second-order valence-electron chi connectivity index (χ2n) is 6.43. The zero-order valence-electron chi connectivity index (χ0n) is 16.3. The van der Waals surface area contributed by atoms with E-state index in [1.165, 1.54) is 22.9 Å². The van der Waals surface area contributed by atoms with Crippen molar-refractivity contribution in [1.82, 2.24) is 19.7 Å². The summed E-state index contributed by atoms with van der Waals surface area (Å²) in [5.41, 5.74) is 3.41. The van der Waals surface area contributed by atoms with Crippen molar-refractivity contribution in [2.45, 2.75) is 25.5 Å². The highest BCUT2D eigenvalue weighted by atomic mass is 32.2. The largest absolute Gasteiger partial charge is 0.467 e. The lowest BCUT2D eigenvalue weighted by atomic mass is 10.1. The standard InChI is InChI=1S/C20H24N4O3S/c1-15-6-7-17(11-16(15)2)24-14-21-22-20(24)28-13-19(25)23(8-10-26-3)12-18-5-4-9-27-18/h4-7,9,11,14H,8,10,12-13H2,1-3H3. The Morgan fingerprint density at radius 1 is 1.29 bits per heavy atom. The number of hydrogen-bond acceptors (Lipinski definition) is 6. The van der Waals surface area contributed by atoms with Crippen molar-refractivity contribution in [3.63, 3.8) is 0 Å². The highest BCUT2D eigenvalue weighted by Gasteiger charge is 2.17. The topological polar surface area (TPSA) is 73.4 Å². The molecule has 2 aromatic heterocycles. The SMILES string of the molecule is COCCN(Cc1ccco1)C(=O)CSc1nncn1-c1ccc(C)c(C)c1. The first-order valence-corrected chi connectivity index (χ1v) is 9.96. The second-order valence-corrected chi connectivity index (χ2v) is 7.37. The van der Waals surface area contributed by atoms with Crippen molar-refractivity contribution < 1.29 is 13.9 Å². The zero-order chi connectivity index (χ0) is 19.9. The van der Waals surface area contributed by atoms with Crippen LogP contribution in [0, 0.1) is 13.8 Å². The number of aryl methyl sites for hydroxylation is 2. The van der Waals surface area contributed by atoms with Gasteiger partial charge in [0, 0.05) is 19.3 Å². The molecule has 1 aromatic carbocycles. The van der Waals surface area contributed by atoms with Crippen LogP contribution < -0.4 is 0 Å². The van der Waals surface area contributed by atoms with Gasteiger partial charge in [-0.15, -0.1) is 10.2 Å². The summed E-state index contributed by atoms with van der Waals surface area (Å²) in [4.78, 5) is 14.5. The van der Waals surface area contributed by atoms with Gasteiger partial charge in [0.25, 0.3) is 0 Å². The van der Waals surface area contributed by atoms with Gasteiger partial charge in [-0.05, 0) is 49.2 Å². The van der Waals surface area contributed by atoms with E-state index >= 15 is 0 Å². The number of benzene rings is 1. The van der Waals surface area contributed by atoms with Crippen LogP contribution in [0.4, 0.5) is 0 Å². The van der Waals surface area contributed by atoms with Crippen molar-refractivity contribution in [2.75, 3.05) is 26.0 Å². The Bertz CT molecular complexity index is 908. The van der Waals surface area contributed by atoms with Crippen LogP contribution >= 0.6 is 11.8 Å². The summed E-state index contributed by atoms with van der Waals surface area (Å²) in [6, 6.07) is 9.86. The third-order valence-electron chi connectivity index (χ3n) is 4.45. The van der Waals surface area contributed by atoms with Crippen molar-refractivity contribution in [3.8, 4) is 5.69 Å². The lowest BCUT2D eigenvalue weighted by molar-refractivity contribution is -0.129. The number of methoxy groups -OCH3 is 1. The molecule has 2 heterocycles. The van der Waals surface area contributed by atoms with Crippen LogP contribution in [0.5, 0.6) is 0 Å². The van der Waals surface area contributed by atoms with Crippen LogP contribution in [0.2, 0.25) is 0 Å². The van der Waals surface area contributed by atoms with Gasteiger partial charge in [0.2, 0.25) is 5.91 Å². The quantitative estimate of drug-likeness (QED) is 0.514. The maximum atomic E-state index is 12.8. The minimum Gasteiger partial charge on any atom is -0.467 e. The Hall–Kier alpha value is -2.58. The minimum absolute atomic E-state index is 0.00640.